The van der Waals surface area contributed by atoms with Gasteiger partial charge in [0.2, 0.25) is 0 Å². The first kappa shape index (κ1) is 18.3. The van der Waals surface area contributed by atoms with Gasteiger partial charge in [-0.2, -0.15) is 0 Å². The third-order valence-electron chi connectivity index (χ3n) is 4.09. The molecule has 0 spiro atoms. The zero-order valence-electron chi connectivity index (χ0n) is 13.5. The second-order valence-corrected chi connectivity index (χ2v) is 5.66. The predicted molar refractivity (Wildman–Crippen MR) is 94.8 cm³/mol. The van der Waals surface area contributed by atoms with Crippen molar-refractivity contribution in [3.8, 4) is 0 Å². The number of piperazine rings is 1. The van der Waals surface area contributed by atoms with Gasteiger partial charge in [0.1, 0.15) is 0 Å². The lowest BCUT2D eigenvalue weighted by molar-refractivity contribution is 0.0628. The van der Waals surface area contributed by atoms with Gasteiger partial charge in [0.05, 0.1) is 5.69 Å². The lowest BCUT2D eigenvalue weighted by Gasteiger charge is -2.34. The lowest BCUT2D eigenvalue weighted by atomic mass is 10.1. The van der Waals surface area contributed by atoms with E-state index in [4.69, 9.17) is 5.73 Å². The number of aromatic nitrogens is 2. The smallest absolute Gasteiger partial charge is 0.254 e. The van der Waals surface area contributed by atoms with Gasteiger partial charge in [0.15, 0.2) is 0 Å². The molecule has 1 aliphatic heterocycles. The molecule has 0 radical (unpaired) electrons. The number of hydrogen-bond donors (Lipinski definition) is 1. The van der Waals surface area contributed by atoms with Gasteiger partial charge in [-0.15, -0.1) is 12.4 Å². The highest BCUT2D eigenvalue weighted by Gasteiger charge is 2.22. The van der Waals surface area contributed by atoms with Crippen molar-refractivity contribution in [2.45, 2.75) is 13.1 Å². The van der Waals surface area contributed by atoms with E-state index in [2.05, 4.69) is 14.9 Å². The van der Waals surface area contributed by atoms with E-state index in [-0.39, 0.29) is 18.3 Å². The molecule has 0 atom stereocenters. The number of carbonyl (C=O) groups is 1. The predicted octanol–water partition coefficient (Wildman–Crippen LogP) is 1.32. The fourth-order valence-corrected chi connectivity index (χ4v) is 2.76. The van der Waals surface area contributed by atoms with E-state index in [1.807, 2.05) is 29.4 Å². The molecule has 0 unspecified atom stereocenters. The molecule has 128 valence electrons. The highest BCUT2D eigenvalue weighted by atomic mass is 35.5. The van der Waals surface area contributed by atoms with E-state index < -0.39 is 0 Å². The molecule has 0 aromatic carbocycles. The number of amides is 1. The van der Waals surface area contributed by atoms with E-state index in [9.17, 15) is 4.79 Å². The van der Waals surface area contributed by atoms with Gasteiger partial charge >= 0.3 is 0 Å². The van der Waals surface area contributed by atoms with Crippen LogP contribution in [-0.2, 0) is 13.1 Å². The van der Waals surface area contributed by atoms with Crippen LogP contribution in [0.3, 0.4) is 0 Å². The first-order valence-corrected chi connectivity index (χ1v) is 7.82. The SMILES string of the molecule is Cl.NCc1cc(C(=O)N2CCN(Cc3ccncc3)CC2)ccn1. The molecule has 1 aliphatic rings. The first-order valence-electron chi connectivity index (χ1n) is 7.82. The Balaban J connectivity index is 0.00000208. The summed E-state index contributed by atoms with van der Waals surface area (Å²) in [5.41, 5.74) is 8.25. The molecular weight excluding hydrogens is 326 g/mol. The lowest BCUT2D eigenvalue weighted by Crippen LogP contribution is -2.48. The van der Waals surface area contributed by atoms with E-state index in [0.717, 1.165) is 38.4 Å². The Bertz CT molecular complexity index is 659. The van der Waals surface area contributed by atoms with Crippen molar-refractivity contribution in [2.24, 2.45) is 5.73 Å². The summed E-state index contributed by atoms with van der Waals surface area (Å²) in [7, 11) is 0. The van der Waals surface area contributed by atoms with Crippen molar-refractivity contribution < 1.29 is 4.79 Å². The Kier molecular flexibility index (Phi) is 6.66. The number of nitrogens with zero attached hydrogens (tertiary/aromatic N) is 4. The van der Waals surface area contributed by atoms with Crippen LogP contribution in [0, 0.1) is 0 Å². The molecule has 7 heteroatoms. The summed E-state index contributed by atoms with van der Waals surface area (Å²) in [6, 6.07) is 7.60. The van der Waals surface area contributed by atoms with Crippen molar-refractivity contribution in [2.75, 3.05) is 26.2 Å². The first-order chi connectivity index (χ1) is 11.3. The zero-order valence-corrected chi connectivity index (χ0v) is 14.3. The average molecular weight is 348 g/mol. The van der Waals surface area contributed by atoms with Gasteiger partial charge in [-0.05, 0) is 29.8 Å². The number of pyridine rings is 2. The molecule has 1 fully saturated rings. The van der Waals surface area contributed by atoms with E-state index in [1.54, 1.807) is 18.3 Å². The van der Waals surface area contributed by atoms with Crippen LogP contribution in [0.5, 0.6) is 0 Å². The van der Waals surface area contributed by atoms with Crippen molar-refractivity contribution in [1.82, 2.24) is 19.8 Å². The van der Waals surface area contributed by atoms with E-state index in [0.29, 0.717) is 12.1 Å². The van der Waals surface area contributed by atoms with Crippen molar-refractivity contribution in [3.63, 3.8) is 0 Å². The summed E-state index contributed by atoms with van der Waals surface area (Å²) < 4.78 is 0. The van der Waals surface area contributed by atoms with Gasteiger partial charge in [-0.3, -0.25) is 19.7 Å². The Labute approximate surface area is 148 Å². The summed E-state index contributed by atoms with van der Waals surface area (Å²) in [5, 5.41) is 0. The Morgan fingerprint density at radius 2 is 1.79 bits per heavy atom. The minimum Gasteiger partial charge on any atom is -0.336 e. The molecule has 0 saturated carbocycles. The fraction of sp³-hybridized carbons (Fsp3) is 0.353. The highest BCUT2D eigenvalue weighted by Crippen LogP contribution is 2.11. The van der Waals surface area contributed by atoms with Crippen LogP contribution in [0.25, 0.3) is 0 Å². The number of halogens is 1. The maximum Gasteiger partial charge on any atom is 0.254 e. The van der Waals surface area contributed by atoms with Crippen LogP contribution in [0.2, 0.25) is 0 Å². The molecule has 3 heterocycles. The largest absolute Gasteiger partial charge is 0.336 e. The number of nitrogens with two attached hydrogens (primary N) is 1. The van der Waals surface area contributed by atoms with Crippen LogP contribution in [0.15, 0.2) is 42.9 Å². The molecule has 2 aromatic rings. The van der Waals surface area contributed by atoms with E-state index >= 15 is 0 Å². The van der Waals surface area contributed by atoms with Crippen molar-refractivity contribution in [3.05, 3.63) is 59.7 Å². The van der Waals surface area contributed by atoms with Gasteiger partial charge in [-0.1, -0.05) is 0 Å². The second kappa shape index (κ2) is 8.73. The number of hydrogen-bond acceptors (Lipinski definition) is 5. The maximum absolute atomic E-state index is 12.6. The molecule has 6 nitrogen and oxygen atoms in total. The summed E-state index contributed by atoms with van der Waals surface area (Å²) in [6.45, 7) is 4.48. The minimum atomic E-state index is 0. The second-order valence-electron chi connectivity index (χ2n) is 5.66. The minimum absolute atomic E-state index is 0. The van der Waals surface area contributed by atoms with Gasteiger partial charge < -0.3 is 10.6 Å². The van der Waals surface area contributed by atoms with Crippen molar-refractivity contribution >= 4 is 18.3 Å². The number of carbonyl (C=O) groups excluding carboxylic acids is 1. The molecule has 24 heavy (non-hydrogen) atoms. The molecule has 3 rings (SSSR count). The molecule has 2 aromatic heterocycles. The monoisotopic (exact) mass is 347 g/mol. The topological polar surface area (TPSA) is 75.4 Å². The third-order valence-corrected chi connectivity index (χ3v) is 4.09. The quantitative estimate of drug-likeness (QED) is 0.902. The van der Waals surface area contributed by atoms with Gasteiger partial charge in [-0.25, -0.2) is 0 Å². The molecule has 2 N–H and O–H groups in total. The summed E-state index contributed by atoms with van der Waals surface area (Å²) in [6.07, 6.45) is 5.27. The Morgan fingerprint density at radius 1 is 1.08 bits per heavy atom. The molecule has 0 bridgehead atoms. The zero-order chi connectivity index (χ0) is 16.1. The molecule has 1 amide bonds. The Morgan fingerprint density at radius 3 is 2.46 bits per heavy atom. The average Bonchev–Trinajstić information content (AvgIpc) is 2.63. The van der Waals surface area contributed by atoms with Crippen molar-refractivity contribution in [1.29, 1.82) is 0 Å². The summed E-state index contributed by atoms with van der Waals surface area (Å²) >= 11 is 0. The van der Waals surface area contributed by atoms with Gasteiger partial charge in [0.25, 0.3) is 5.91 Å². The van der Waals surface area contributed by atoms with Crippen LogP contribution >= 0.6 is 12.4 Å². The Hall–Kier alpha value is -2.02. The molecular formula is C17H22ClN5O. The van der Waals surface area contributed by atoms with Crippen LogP contribution in [-0.4, -0.2) is 51.9 Å². The highest BCUT2D eigenvalue weighted by molar-refractivity contribution is 5.94. The molecule has 0 aliphatic carbocycles. The normalized spacial score (nSPS) is 15.0. The summed E-state index contributed by atoms with van der Waals surface area (Å²) in [5.74, 6) is 0.0608. The maximum atomic E-state index is 12.6. The third kappa shape index (κ3) is 4.50. The van der Waals surface area contributed by atoms with Gasteiger partial charge in [0, 0.05) is 63.4 Å². The fourth-order valence-electron chi connectivity index (χ4n) is 2.76. The number of rotatable bonds is 4. The molecule has 1 saturated heterocycles. The standard InChI is InChI=1S/C17H21N5O.ClH/c18-12-16-11-15(3-6-20-16)17(23)22-9-7-21(8-10-22)13-14-1-4-19-5-2-14;/h1-6,11H,7-10,12-13,18H2;1H. The van der Waals surface area contributed by atoms with Crippen LogP contribution in [0.4, 0.5) is 0 Å². The summed E-state index contributed by atoms with van der Waals surface area (Å²) in [4.78, 5) is 25.0. The van der Waals surface area contributed by atoms with Crippen LogP contribution < -0.4 is 5.73 Å². The van der Waals surface area contributed by atoms with Crippen LogP contribution in [0.1, 0.15) is 21.6 Å². The van der Waals surface area contributed by atoms with E-state index in [1.165, 1.54) is 5.56 Å².